The molecular formula is C22H19FN4O4. The lowest BCUT2D eigenvalue weighted by atomic mass is 10.2. The zero-order chi connectivity index (χ0) is 22.0. The number of ether oxygens (including phenoxy) is 1. The first-order valence-electron chi connectivity index (χ1n) is 9.65. The molecule has 8 nitrogen and oxygen atoms in total. The third-order valence-corrected chi connectivity index (χ3v) is 4.75. The number of fused-ring (bicyclic) bond motifs is 1. The lowest BCUT2D eigenvalue weighted by Gasteiger charge is -2.13. The van der Waals surface area contributed by atoms with Gasteiger partial charge in [-0.3, -0.25) is 14.2 Å². The highest BCUT2D eigenvalue weighted by Crippen LogP contribution is 2.15. The summed E-state index contributed by atoms with van der Waals surface area (Å²) in [5.41, 5.74) is -0.213. The zero-order valence-corrected chi connectivity index (χ0v) is 16.7. The van der Waals surface area contributed by atoms with Crippen LogP contribution in [0, 0.1) is 5.82 Å². The number of esters is 1. The van der Waals surface area contributed by atoms with Crippen molar-refractivity contribution < 1.29 is 13.9 Å². The maximum atomic E-state index is 13.9. The van der Waals surface area contributed by atoms with Gasteiger partial charge in [-0.25, -0.2) is 18.7 Å². The fraction of sp³-hybridized carbons (Fsp3) is 0.182. The smallest absolute Gasteiger partial charge is 0.337 e. The average molecular weight is 422 g/mol. The van der Waals surface area contributed by atoms with Crippen molar-refractivity contribution >= 4 is 17.1 Å². The number of rotatable bonds is 6. The van der Waals surface area contributed by atoms with Gasteiger partial charge in [0.15, 0.2) is 11.2 Å². The van der Waals surface area contributed by atoms with E-state index in [0.29, 0.717) is 0 Å². The highest BCUT2D eigenvalue weighted by atomic mass is 19.1. The topological polar surface area (TPSA) is 88.1 Å². The second kappa shape index (κ2) is 8.39. The van der Waals surface area contributed by atoms with Crippen LogP contribution < -0.4 is 11.2 Å². The van der Waals surface area contributed by atoms with Crippen molar-refractivity contribution in [1.29, 1.82) is 0 Å². The van der Waals surface area contributed by atoms with E-state index in [9.17, 15) is 18.8 Å². The molecule has 31 heavy (non-hydrogen) atoms. The van der Waals surface area contributed by atoms with Crippen LogP contribution in [0.3, 0.4) is 0 Å². The van der Waals surface area contributed by atoms with Gasteiger partial charge in [-0.15, -0.1) is 0 Å². The van der Waals surface area contributed by atoms with E-state index in [1.165, 1.54) is 33.7 Å². The molecule has 2 heterocycles. The Morgan fingerprint density at radius 3 is 2.58 bits per heavy atom. The first-order chi connectivity index (χ1) is 15.0. The standard InChI is InChI=1S/C22H19FN4O4/c1-2-31-18(28)13-25-14-24-20-19(25)21(29)26(12-15-7-4-3-5-8-15)22(30)27(20)17-10-6-9-16(23)11-17/h3-11,14H,2,12-13H2,1H3. The molecule has 0 bridgehead atoms. The molecule has 0 unspecified atom stereocenters. The van der Waals surface area contributed by atoms with Crippen molar-refractivity contribution in [3.05, 3.63) is 93.1 Å². The van der Waals surface area contributed by atoms with Gasteiger partial charge in [0.2, 0.25) is 0 Å². The van der Waals surface area contributed by atoms with E-state index in [1.54, 1.807) is 37.3 Å². The van der Waals surface area contributed by atoms with Crippen molar-refractivity contribution in [1.82, 2.24) is 18.7 Å². The fourth-order valence-corrected chi connectivity index (χ4v) is 3.40. The first-order valence-corrected chi connectivity index (χ1v) is 9.65. The summed E-state index contributed by atoms with van der Waals surface area (Å²) in [5, 5.41) is 0. The van der Waals surface area contributed by atoms with Gasteiger partial charge in [0, 0.05) is 0 Å². The summed E-state index contributed by atoms with van der Waals surface area (Å²) in [4.78, 5) is 42.8. The predicted molar refractivity (Wildman–Crippen MR) is 112 cm³/mol. The van der Waals surface area contributed by atoms with Gasteiger partial charge >= 0.3 is 11.7 Å². The molecule has 0 aliphatic carbocycles. The molecule has 0 saturated carbocycles. The molecule has 0 aliphatic rings. The van der Waals surface area contributed by atoms with Crippen LogP contribution in [0.15, 0.2) is 70.5 Å². The van der Waals surface area contributed by atoms with Crippen LogP contribution in [0.4, 0.5) is 4.39 Å². The van der Waals surface area contributed by atoms with Gasteiger partial charge in [0.1, 0.15) is 12.4 Å². The van der Waals surface area contributed by atoms with E-state index in [-0.39, 0.29) is 36.5 Å². The van der Waals surface area contributed by atoms with Crippen LogP contribution in [0.5, 0.6) is 0 Å². The Labute approximate surface area is 175 Å². The van der Waals surface area contributed by atoms with Crippen LogP contribution in [0.2, 0.25) is 0 Å². The number of hydrogen-bond acceptors (Lipinski definition) is 5. The molecule has 0 amide bonds. The molecule has 0 atom stereocenters. The van der Waals surface area contributed by atoms with E-state index < -0.39 is 23.0 Å². The molecule has 4 rings (SSSR count). The third-order valence-electron chi connectivity index (χ3n) is 4.75. The van der Waals surface area contributed by atoms with Crippen LogP contribution in [0.25, 0.3) is 16.9 Å². The van der Waals surface area contributed by atoms with E-state index in [0.717, 1.165) is 10.1 Å². The number of imidazole rings is 1. The zero-order valence-electron chi connectivity index (χ0n) is 16.7. The minimum absolute atomic E-state index is 0.00828. The minimum Gasteiger partial charge on any atom is -0.465 e. The second-order valence-corrected chi connectivity index (χ2v) is 6.82. The summed E-state index contributed by atoms with van der Waals surface area (Å²) in [5.74, 6) is -1.08. The lowest BCUT2D eigenvalue weighted by molar-refractivity contribution is -0.143. The van der Waals surface area contributed by atoms with Crippen LogP contribution in [0.1, 0.15) is 12.5 Å². The Morgan fingerprint density at radius 1 is 1.10 bits per heavy atom. The molecule has 0 N–H and O–H groups in total. The van der Waals surface area contributed by atoms with E-state index in [1.807, 2.05) is 6.07 Å². The summed E-state index contributed by atoms with van der Waals surface area (Å²) in [6, 6.07) is 14.5. The Bertz CT molecular complexity index is 1370. The number of hydrogen-bond donors (Lipinski definition) is 0. The van der Waals surface area contributed by atoms with Crippen molar-refractivity contribution in [3.8, 4) is 5.69 Å². The van der Waals surface area contributed by atoms with Crippen LogP contribution in [-0.2, 0) is 22.6 Å². The quantitative estimate of drug-likeness (QED) is 0.444. The normalized spacial score (nSPS) is 11.0. The number of benzene rings is 2. The maximum Gasteiger partial charge on any atom is 0.337 e. The number of nitrogens with zero attached hydrogens (tertiary/aromatic N) is 4. The summed E-state index contributed by atoms with van der Waals surface area (Å²) >= 11 is 0. The molecule has 0 spiro atoms. The predicted octanol–water partition coefficient (Wildman–Crippen LogP) is 2.10. The largest absolute Gasteiger partial charge is 0.465 e. The molecule has 2 aromatic heterocycles. The van der Waals surface area contributed by atoms with Gasteiger partial charge in [-0.1, -0.05) is 36.4 Å². The summed E-state index contributed by atoms with van der Waals surface area (Å²) in [6.07, 6.45) is 1.30. The summed E-state index contributed by atoms with van der Waals surface area (Å²) in [7, 11) is 0. The SMILES string of the molecule is CCOC(=O)Cn1cnc2c1c(=O)n(Cc1ccccc1)c(=O)n2-c1cccc(F)c1. The van der Waals surface area contributed by atoms with E-state index >= 15 is 0 Å². The maximum absolute atomic E-state index is 13.9. The Balaban J connectivity index is 1.99. The molecule has 158 valence electrons. The molecule has 0 fully saturated rings. The van der Waals surface area contributed by atoms with Crippen molar-refractivity contribution in [2.75, 3.05) is 6.61 Å². The van der Waals surface area contributed by atoms with E-state index in [2.05, 4.69) is 4.98 Å². The molecule has 2 aromatic carbocycles. The molecule has 0 saturated heterocycles. The minimum atomic E-state index is -0.659. The van der Waals surface area contributed by atoms with Gasteiger partial charge < -0.3 is 9.30 Å². The van der Waals surface area contributed by atoms with Gasteiger partial charge in [0.25, 0.3) is 5.56 Å². The molecule has 0 aliphatic heterocycles. The molecular weight excluding hydrogens is 403 g/mol. The Hall–Kier alpha value is -4.01. The van der Waals surface area contributed by atoms with Crippen molar-refractivity contribution in [2.24, 2.45) is 0 Å². The fourth-order valence-electron chi connectivity index (χ4n) is 3.40. The summed E-state index contributed by atoms with van der Waals surface area (Å²) < 4.78 is 22.4. The highest BCUT2D eigenvalue weighted by molar-refractivity contribution is 5.76. The molecule has 0 radical (unpaired) electrons. The van der Waals surface area contributed by atoms with Gasteiger partial charge in [-0.2, -0.15) is 0 Å². The first kappa shape index (κ1) is 20.3. The summed E-state index contributed by atoms with van der Waals surface area (Å²) in [6.45, 7) is 1.64. The Kier molecular flexibility index (Phi) is 5.48. The highest BCUT2D eigenvalue weighted by Gasteiger charge is 2.21. The lowest BCUT2D eigenvalue weighted by Crippen LogP contribution is -2.40. The average Bonchev–Trinajstić information content (AvgIpc) is 3.15. The Morgan fingerprint density at radius 2 is 1.87 bits per heavy atom. The number of carbonyl (C=O) groups excluding carboxylic acids is 1. The second-order valence-electron chi connectivity index (χ2n) is 6.82. The molecule has 9 heteroatoms. The molecule has 4 aromatic rings. The number of aromatic nitrogens is 4. The number of halogens is 1. The van der Waals surface area contributed by atoms with Crippen LogP contribution >= 0.6 is 0 Å². The number of carbonyl (C=O) groups is 1. The van der Waals surface area contributed by atoms with Crippen molar-refractivity contribution in [3.63, 3.8) is 0 Å². The monoisotopic (exact) mass is 422 g/mol. The van der Waals surface area contributed by atoms with Gasteiger partial charge in [-0.05, 0) is 30.7 Å². The van der Waals surface area contributed by atoms with Gasteiger partial charge in [0.05, 0.1) is 25.2 Å². The van der Waals surface area contributed by atoms with E-state index in [4.69, 9.17) is 4.74 Å². The third kappa shape index (κ3) is 3.89. The van der Waals surface area contributed by atoms with Crippen LogP contribution in [-0.4, -0.2) is 31.3 Å². The van der Waals surface area contributed by atoms with Crippen molar-refractivity contribution in [2.45, 2.75) is 20.0 Å².